The van der Waals surface area contributed by atoms with Crippen LogP contribution in [0.1, 0.15) is 26.7 Å². The molecule has 0 aromatic heterocycles. The Hall–Kier alpha value is -0.610. The van der Waals surface area contributed by atoms with Crippen LogP contribution < -0.4 is 5.73 Å². The minimum Gasteiger partial charge on any atom is -0.343 e. The Bertz CT molecular complexity index is 224. The van der Waals surface area contributed by atoms with Crippen molar-refractivity contribution in [3.05, 3.63) is 0 Å². The van der Waals surface area contributed by atoms with Gasteiger partial charge in [0.1, 0.15) is 0 Å². The fourth-order valence-corrected chi connectivity index (χ4v) is 1.95. The van der Waals surface area contributed by atoms with E-state index >= 15 is 0 Å². The van der Waals surface area contributed by atoms with Gasteiger partial charge in [-0.25, -0.2) is 0 Å². The molecule has 0 radical (unpaired) electrons. The number of rotatable bonds is 5. The minimum atomic E-state index is -0.358. The average Bonchev–Trinajstić information content (AvgIpc) is 2.76. The Kier molecular flexibility index (Phi) is 5.22. The first-order valence-corrected chi connectivity index (χ1v) is 6.25. The molecule has 1 rings (SSSR count). The van der Waals surface area contributed by atoms with E-state index < -0.39 is 0 Å². The van der Waals surface area contributed by atoms with E-state index in [1.807, 2.05) is 20.9 Å². The van der Waals surface area contributed by atoms with Crippen LogP contribution in [-0.2, 0) is 4.79 Å². The lowest BCUT2D eigenvalue weighted by Crippen LogP contribution is -2.46. The van der Waals surface area contributed by atoms with Crippen LogP contribution in [-0.4, -0.2) is 55.0 Å². The van der Waals surface area contributed by atoms with Crippen molar-refractivity contribution >= 4 is 5.91 Å². The van der Waals surface area contributed by atoms with E-state index in [1.165, 1.54) is 25.9 Å². The number of carbonyl (C=O) groups is 1. The van der Waals surface area contributed by atoms with Gasteiger partial charge in [0.05, 0.1) is 6.04 Å². The predicted octanol–water partition coefficient (Wildman–Crippen LogP) is 0.524. The number of nitrogens with two attached hydrogens (primary N) is 1. The predicted molar refractivity (Wildman–Crippen MR) is 66.1 cm³/mol. The Morgan fingerprint density at radius 1 is 1.38 bits per heavy atom. The zero-order valence-corrected chi connectivity index (χ0v) is 10.8. The van der Waals surface area contributed by atoms with Crippen molar-refractivity contribution < 1.29 is 4.79 Å². The molecule has 0 aliphatic carbocycles. The van der Waals surface area contributed by atoms with Crippen LogP contribution in [0.5, 0.6) is 0 Å². The van der Waals surface area contributed by atoms with E-state index in [1.54, 1.807) is 4.90 Å². The number of likely N-dealkylation sites (tertiary alicyclic amines) is 1. The Labute approximate surface area is 98.8 Å². The van der Waals surface area contributed by atoms with Gasteiger partial charge >= 0.3 is 0 Å². The lowest BCUT2D eigenvalue weighted by molar-refractivity contribution is -0.132. The number of likely N-dealkylation sites (N-methyl/N-ethyl adjacent to an activating group) is 1. The van der Waals surface area contributed by atoms with Crippen molar-refractivity contribution in [1.82, 2.24) is 9.80 Å². The molecule has 1 atom stereocenters. The highest BCUT2D eigenvalue weighted by atomic mass is 16.2. The lowest BCUT2D eigenvalue weighted by atomic mass is 10.0. The Balaban J connectivity index is 2.27. The number of amides is 1. The monoisotopic (exact) mass is 227 g/mol. The molecule has 1 heterocycles. The van der Waals surface area contributed by atoms with Gasteiger partial charge in [-0.2, -0.15) is 0 Å². The van der Waals surface area contributed by atoms with Gasteiger partial charge in [-0.05, 0) is 31.8 Å². The summed E-state index contributed by atoms with van der Waals surface area (Å²) in [6.07, 6.45) is 2.59. The van der Waals surface area contributed by atoms with E-state index in [0.717, 1.165) is 13.1 Å². The summed E-state index contributed by atoms with van der Waals surface area (Å²) in [6, 6.07) is -0.358. The smallest absolute Gasteiger partial charge is 0.239 e. The Morgan fingerprint density at radius 3 is 2.44 bits per heavy atom. The number of hydrogen-bond donors (Lipinski definition) is 1. The first kappa shape index (κ1) is 13.5. The molecule has 1 saturated heterocycles. The standard InChI is InChI=1S/C12H25N3O/c1-10(2)11(13)12(16)14(3)8-9-15-6-4-5-7-15/h10-11H,4-9,13H2,1-3H3. The minimum absolute atomic E-state index is 0.0641. The Morgan fingerprint density at radius 2 is 1.94 bits per heavy atom. The van der Waals surface area contributed by atoms with Gasteiger partial charge in [-0.3, -0.25) is 4.79 Å². The van der Waals surface area contributed by atoms with Gasteiger partial charge in [0, 0.05) is 20.1 Å². The summed E-state index contributed by atoms with van der Waals surface area (Å²) < 4.78 is 0. The van der Waals surface area contributed by atoms with Crippen LogP contribution in [0.3, 0.4) is 0 Å². The maximum atomic E-state index is 11.9. The summed E-state index contributed by atoms with van der Waals surface area (Å²) in [6.45, 7) is 8.09. The van der Waals surface area contributed by atoms with E-state index in [2.05, 4.69) is 4.90 Å². The molecular formula is C12H25N3O. The molecule has 4 nitrogen and oxygen atoms in total. The first-order valence-electron chi connectivity index (χ1n) is 6.25. The lowest BCUT2D eigenvalue weighted by Gasteiger charge is -2.25. The molecule has 4 heteroatoms. The fourth-order valence-electron chi connectivity index (χ4n) is 1.95. The molecule has 0 bridgehead atoms. The normalized spacial score (nSPS) is 19.1. The van der Waals surface area contributed by atoms with E-state index in [9.17, 15) is 4.79 Å². The van der Waals surface area contributed by atoms with Gasteiger partial charge in [-0.1, -0.05) is 13.8 Å². The molecule has 1 unspecified atom stereocenters. The number of carbonyl (C=O) groups excluding carboxylic acids is 1. The summed E-state index contributed by atoms with van der Waals surface area (Å²) in [5.41, 5.74) is 5.84. The topological polar surface area (TPSA) is 49.6 Å². The van der Waals surface area contributed by atoms with Crippen molar-refractivity contribution in [3.8, 4) is 0 Å². The third-order valence-electron chi connectivity index (χ3n) is 3.33. The van der Waals surface area contributed by atoms with Crippen molar-refractivity contribution in [1.29, 1.82) is 0 Å². The van der Waals surface area contributed by atoms with Gasteiger partial charge in [-0.15, -0.1) is 0 Å². The van der Waals surface area contributed by atoms with E-state index in [-0.39, 0.29) is 17.9 Å². The molecule has 1 aliphatic rings. The van der Waals surface area contributed by atoms with Crippen LogP contribution in [0.25, 0.3) is 0 Å². The first-order chi connectivity index (χ1) is 7.52. The zero-order valence-electron chi connectivity index (χ0n) is 10.8. The van der Waals surface area contributed by atoms with Gasteiger partial charge in [0.25, 0.3) is 0 Å². The van der Waals surface area contributed by atoms with Crippen LogP contribution in [0, 0.1) is 5.92 Å². The van der Waals surface area contributed by atoms with E-state index in [0.29, 0.717) is 0 Å². The second-order valence-corrected chi connectivity index (χ2v) is 5.08. The summed E-state index contributed by atoms with van der Waals surface area (Å²) in [5, 5.41) is 0. The third-order valence-corrected chi connectivity index (χ3v) is 3.33. The summed E-state index contributed by atoms with van der Waals surface area (Å²) in [5.74, 6) is 0.274. The molecule has 94 valence electrons. The van der Waals surface area contributed by atoms with Crippen molar-refractivity contribution in [2.75, 3.05) is 33.2 Å². The molecule has 0 spiro atoms. The van der Waals surface area contributed by atoms with Crippen molar-refractivity contribution in [2.24, 2.45) is 11.7 Å². The average molecular weight is 227 g/mol. The van der Waals surface area contributed by atoms with Gasteiger partial charge in [0.2, 0.25) is 5.91 Å². The highest BCUT2D eigenvalue weighted by Crippen LogP contribution is 2.07. The van der Waals surface area contributed by atoms with Crippen LogP contribution >= 0.6 is 0 Å². The molecule has 16 heavy (non-hydrogen) atoms. The third kappa shape index (κ3) is 3.76. The summed E-state index contributed by atoms with van der Waals surface area (Å²) in [7, 11) is 1.85. The van der Waals surface area contributed by atoms with Gasteiger partial charge in [0.15, 0.2) is 0 Å². The van der Waals surface area contributed by atoms with Crippen molar-refractivity contribution in [2.45, 2.75) is 32.7 Å². The molecule has 0 aromatic rings. The van der Waals surface area contributed by atoms with Crippen LogP contribution in [0.15, 0.2) is 0 Å². The fraction of sp³-hybridized carbons (Fsp3) is 0.917. The number of hydrogen-bond acceptors (Lipinski definition) is 3. The SMILES string of the molecule is CC(C)C(N)C(=O)N(C)CCN1CCCC1. The molecule has 2 N–H and O–H groups in total. The van der Waals surface area contributed by atoms with Crippen LogP contribution in [0.4, 0.5) is 0 Å². The molecule has 0 saturated carbocycles. The molecule has 0 aromatic carbocycles. The maximum absolute atomic E-state index is 11.9. The zero-order chi connectivity index (χ0) is 12.1. The summed E-state index contributed by atoms with van der Waals surface area (Å²) in [4.78, 5) is 16.0. The van der Waals surface area contributed by atoms with Crippen LogP contribution in [0.2, 0.25) is 0 Å². The second kappa shape index (κ2) is 6.21. The second-order valence-electron chi connectivity index (χ2n) is 5.08. The highest BCUT2D eigenvalue weighted by molar-refractivity contribution is 5.81. The summed E-state index contributed by atoms with van der Waals surface area (Å²) >= 11 is 0. The van der Waals surface area contributed by atoms with Crippen molar-refractivity contribution in [3.63, 3.8) is 0 Å². The maximum Gasteiger partial charge on any atom is 0.239 e. The quantitative estimate of drug-likeness (QED) is 0.745. The van der Waals surface area contributed by atoms with Gasteiger partial charge < -0.3 is 15.5 Å². The van der Waals surface area contributed by atoms with E-state index in [4.69, 9.17) is 5.73 Å². The highest BCUT2D eigenvalue weighted by Gasteiger charge is 2.21. The molecule has 1 aliphatic heterocycles. The molecule has 1 amide bonds. The molecule has 1 fully saturated rings. The largest absolute Gasteiger partial charge is 0.343 e. The number of nitrogens with zero attached hydrogens (tertiary/aromatic N) is 2. The molecular weight excluding hydrogens is 202 g/mol.